The minimum absolute atomic E-state index is 0.0735. The van der Waals surface area contributed by atoms with Crippen molar-refractivity contribution >= 4 is 22.4 Å². The zero-order valence-electron chi connectivity index (χ0n) is 22.5. The molecule has 1 aliphatic rings. The van der Waals surface area contributed by atoms with Crippen molar-refractivity contribution in [1.29, 1.82) is 0 Å². The lowest BCUT2D eigenvalue weighted by Crippen LogP contribution is -2.23. The van der Waals surface area contributed by atoms with Crippen molar-refractivity contribution in [2.45, 2.75) is 13.2 Å². The van der Waals surface area contributed by atoms with Crippen molar-refractivity contribution in [3.8, 4) is 22.8 Å². The summed E-state index contributed by atoms with van der Waals surface area (Å²) in [5.74, 6) is 1.08. The second kappa shape index (κ2) is 11.8. The Labute approximate surface area is 227 Å². The highest BCUT2D eigenvalue weighted by Gasteiger charge is 2.34. The molecule has 4 aromatic rings. The van der Waals surface area contributed by atoms with Crippen LogP contribution in [0.15, 0.2) is 48.8 Å². The van der Waals surface area contributed by atoms with Gasteiger partial charge in [0.2, 0.25) is 0 Å². The van der Waals surface area contributed by atoms with Gasteiger partial charge < -0.3 is 30.1 Å². The van der Waals surface area contributed by atoms with Gasteiger partial charge in [0, 0.05) is 49.0 Å². The molecule has 2 heterocycles. The molecule has 10 nitrogen and oxygen atoms in total. The van der Waals surface area contributed by atoms with Crippen LogP contribution in [0.3, 0.4) is 0 Å². The van der Waals surface area contributed by atoms with E-state index in [4.69, 9.17) is 19.7 Å². The summed E-state index contributed by atoms with van der Waals surface area (Å²) in [6.07, 6.45) is 3.29. The zero-order valence-corrected chi connectivity index (χ0v) is 22.5. The van der Waals surface area contributed by atoms with Crippen molar-refractivity contribution in [1.82, 2.24) is 25.0 Å². The van der Waals surface area contributed by atoms with Gasteiger partial charge in [-0.15, -0.1) is 0 Å². The number of pyridine rings is 1. The molecule has 3 N–H and O–H groups in total. The van der Waals surface area contributed by atoms with E-state index in [1.807, 2.05) is 55.2 Å². The predicted octanol–water partition coefficient (Wildman–Crippen LogP) is 2.79. The number of ether oxygens (including phenoxy) is 2. The summed E-state index contributed by atoms with van der Waals surface area (Å²) in [7, 11) is 5.66. The number of fused-ring (bicyclic) bond motifs is 2. The van der Waals surface area contributed by atoms with Gasteiger partial charge in [0.05, 0.1) is 43.1 Å². The molecule has 0 spiro atoms. The maximum absolute atomic E-state index is 14.2. The Kier molecular flexibility index (Phi) is 8.06. The highest BCUT2D eigenvalue weighted by molar-refractivity contribution is 6.28. The van der Waals surface area contributed by atoms with Crippen molar-refractivity contribution in [3.05, 3.63) is 65.5 Å². The molecule has 2 aromatic heterocycles. The molecule has 0 saturated carbocycles. The first-order valence-corrected chi connectivity index (χ1v) is 13.0. The molecule has 2 aromatic carbocycles. The van der Waals surface area contributed by atoms with E-state index in [2.05, 4.69) is 20.5 Å². The molecule has 1 aliphatic carbocycles. The Morgan fingerprint density at radius 2 is 1.85 bits per heavy atom. The number of rotatable bonds is 13. The van der Waals surface area contributed by atoms with E-state index in [-0.39, 0.29) is 19.0 Å². The van der Waals surface area contributed by atoms with Gasteiger partial charge in [-0.1, -0.05) is 12.1 Å². The molecular weight excluding hydrogens is 496 g/mol. The van der Waals surface area contributed by atoms with E-state index in [9.17, 15) is 4.79 Å². The molecular formula is C29H34N6O4. The third kappa shape index (κ3) is 5.44. The molecule has 0 radical (unpaired) electrons. The topological polar surface area (TPSA) is 114 Å². The van der Waals surface area contributed by atoms with Gasteiger partial charge in [-0.3, -0.25) is 14.5 Å². The number of carbonyl (C=O) groups is 1. The number of aromatic nitrogens is 3. The van der Waals surface area contributed by atoms with E-state index >= 15 is 0 Å². The van der Waals surface area contributed by atoms with Crippen LogP contribution in [0.1, 0.15) is 21.5 Å². The Bertz CT molecular complexity index is 1470. The zero-order chi connectivity index (χ0) is 27.4. The van der Waals surface area contributed by atoms with Gasteiger partial charge in [0.15, 0.2) is 5.78 Å². The molecule has 5 rings (SSSR count). The smallest absolute Gasteiger partial charge is 0.200 e. The second-order valence-corrected chi connectivity index (χ2v) is 9.68. The lowest BCUT2D eigenvalue weighted by molar-refractivity contribution is 0.103. The Balaban J connectivity index is 1.54. The van der Waals surface area contributed by atoms with Crippen LogP contribution in [0.25, 0.3) is 22.2 Å². The van der Waals surface area contributed by atoms with E-state index in [0.29, 0.717) is 48.6 Å². The summed E-state index contributed by atoms with van der Waals surface area (Å²) in [6, 6.07) is 11.6. The molecule has 0 amide bonds. The second-order valence-electron chi connectivity index (χ2n) is 9.68. The number of hydrogen-bond donors (Lipinski definition) is 3. The van der Waals surface area contributed by atoms with E-state index in [0.717, 1.165) is 40.1 Å². The molecule has 0 saturated heterocycles. The number of nitrogens with zero attached hydrogens (tertiary/aromatic N) is 4. The minimum atomic E-state index is -0.111. The fourth-order valence-corrected chi connectivity index (χ4v) is 4.79. The van der Waals surface area contributed by atoms with Crippen molar-refractivity contribution in [3.63, 3.8) is 0 Å². The normalized spacial score (nSPS) is 12.2. The number of hydrogen-bond acceptors (Lipinski definition) is 9. The van der Waals surface area contributed by atoms with Gasteiger partial charge in [0.25, 0.3) is 0 Å². The maximum Gasteiger partial charge on any atom is 0.200 e. The first-order valence-electron chi connectivity index (χ1n) is 13.0. The first kappa shape index (κ1) is 26.6. The van der Waals surface area contributed by atoms with Gasteiger partial charge in [0.1, 0.15) is 23.8 Å². The fourth-order valence-electron chi connectivity index (χ4n) is 4.79. The number of anilines is 1. The van der Waals surface area contributed by atoms with Crippen molar-refractivity contribution < 1.29 is 19.4 Å². The van der Waals surface area contributed by atoms with E-state index in [1.54, 1.807) is 19.5 Å². The van der Waals surface area contributed by atoms with Crippen LogP contribution < -0.4 is 20.1 Å². The minimum Gasteiger partial charge on any atom is -0.497 e. The van der Waals surface area contributed by atoms with Crippen LogP contribution in [0, 0.1) is 0 Å². The number of carbonyl (C=O) groups excluding carboxylic acids is 1. The highest BCUT2D eigenvalue weighted by atomic mass is 16.5. The van der Waals surface area contributed by atoms with Gasteiger partial charge in [-0.2, -0.15) is 5.10 Å². The number of aliphatic hydroxyl groups excluding tert-OH is 1. The van der Waals surface area contributed by atoms with Gasteiger partial charge >= 0.3 is 0 Å². The first-order chi connectivity index (χ1) is 19.0. The third-order valence-corrected chi connectivity index (χ3v) is 6.76. The van der Waals surface area contributed by atoms with Crippen LogP contribution >= 0.6 is 0 Å². The number of benzene rings is 2. The lowest BCUT2D eigenvalue weighted by Gasteiger charge is -2.21. The largest absolute Gasteiger partial charge is 0.497 e. The summed E-state index contributed by atoms with van der Waals surface area (Å²) in [5, 5.41) is 21.5. The predicted molar refractivity (Wildman–Crippen MR) is 151 cm³/mol. The highest BCUT2D eigenvalue weighted by Crippen LogP contribution is 2.44. The number of likely N-dealkylation sites (N-methyl/N-ethyl adjacent to an activating group) is 1. The summed E-state index contributed by atoms with van der Waals surface area (Å²) in [6.45, 7) is 3.61. The van der Waals surface area contributed by atoms with E-state index in [1.165, 1.54) is 0 Å². The number of nitrogens with one attached hydrogen (secondary N) is 2. The molecule has 0 atom stereocenters. The molecule has 0 unspecified atom stereocenters. The SMILES string of the molecule is COc1ccc(COc2cncc3c2C(=O)c2c(NCCN(C)C)ccc4c2c-3nn4CCNCCO)cc1. The van der Waals surface area contributed by atoms with E-state index < -0.39 is 0 Å². The molecule has 39 heavy (non-hydrogen) atoms. The van der Waals surface area contributed by atoms with Crippen LogP contribution in [0.5, 0.6) is 11.5 Å². The fraction of sp³-hybridized carbons (Fsp3) is 0.345. The molecule has 10 heteroatoms. The molecule has 0 fully saturated rings. The summed E-state index contributed by atoms with van der Waals surface area (Å²) >= 11 is 0. The van der Waals surface area contributed by atoms with Crippen LogP contribution in [0.4, 0.5) is 5.69 Å². The molecule has 204 valence electrons. The number of aliphatic hydroxyl groups is 1. The maximum atomic E-state index is 14.2. The average Bonchev–Trinajstić information content (AvgIpc) is 3.32. The molecule has 0 bridgehead atoms. The quantitative estimate of drug-likeness (QED) is 0.198. The number of ketones is 1. The lowest BCUT2D eigenvalue weighted by atomic mass is 9.87. The Hall–Kier alpha value is -3.99. The summed E-state index contributed by atoms with van der Waals surface area (Å²) in [4.78, 5) is 20.7. The third-order valence-electron chi connectivity index (χ3n) is 6.76. The number of methoxy groups -OCH3 is 1. The standard InChI is InChI=1S/C29H34N6O4/c1-34(2)13-11-32-22-8-9-23-27-26(22)29(37)25-21(28(27)33-35(23)14-10-30-12-15-36)16-31-17-24(25)39-18-19-4-6-20(38-3)7-5-19/h4-9,16-17,30,32,36H,10-15,18H2,1-3H3. The average molecular weight is 531 g/mol. The van der Waals surface area contributed by atoms with Crippen molar-refractivity contribution in [2.75, 3.05) is 59.3 Å². The van der Waals surface area contributed by atoms with Gasteiger partial charge in [-0.25, -0.2) is 0 Å². The van der Waals surface area contributed by atoms with Crippen LogP contribution in [-0.4, -0.2) is 84.5 Å². The summed E-state index contributed by atoms with van der Waals surface area (Å²) < 4.78 is 13.3. The van der Waals surface area contributed by atoms with Crippen LogP contribution in [0.2, 0.25) is 0 Å². The summed E-state index contributed by atoms with van der Waals surface area (Å²) in [5.41, 5.74) is 5.06. The Morgan fingerprint density at radius 3 is 2.59 bits per heavy atom. The Morgan fingerprint density at radius 1 is 1.03 bits per heavy atom. The van der Waals surface area contributed by atoms with Crippen molar-refractivity contribution in [2.24, 2.45) is 0 Å². The van der Waals surface area contributed by atoms with Gasteiger partial charge in [-0.05, 0) is 43.9 Å². The molecule has 0 aliphatic heterocycles. The monoisotopic (exact) mass is 530 g/mol. The van der Waals surface area contributed by atoms with Crippen LogP contribution in [-0.2, 0) is 13.2 Å².